The second-order valence-electron chi connectivity index (χ2n) is 6.16. The van der Waals surface area contributed by atoms with Crippen LogP contribution in [0.5, 0.6) is 17.2 Å². The van der Waals surface area contributed by atoms with E-state index in [-0.39, 0.29) is 5.75 Å². The third kappa shape index (κ3) is 3.30. The van der Waals surface area contributed by atoms with E-state index in [1.54, 1.807) is 14.2 Å². The van der Waals surface area contributed by atoms with Crippen LogP contribution >= 0.6 is 0 Å². The van der Waals surface area contributed by atoms with Gasteiger partial charge in [-0.1, -0.05) is 0 Å². The van der Waals surface area contributed by atoms with Crippen LogP contribution in [0.4, 0.5) is 24.7 Å². The minimum atomic E-state index is -4.72. The zero-order chi connectivity index (χ0) is 19.9. The first kappa shape index (κ1) is 18.0. The molecule has 2 N–H and O–H groups in total. The highest BCUT2D eigenvalue weighted by molar-refractivity contribution is 5.81. The quantitative estimate of drug-likeness (QED) is 0.519. The predicted octanol–water partition coefficient (Wildman–Crippen LogP) is 4.64. The van der Waals surface area contributed by atoms with E-state index in [1.807, 2.05) is 12.1 Å². The van der Waals surface area contributed by atoms with E-state index in [0.29, 0.717) is 29.4 Å². The van der Waals surface area contributed by atoms with E-state index in [2.05, 4.69) is 20.3 Å². The number of hydrogen-bond donors (Lipinski definition) is 2. The number of alkyl halides is 3. The van der Waals surface area contributed by atoms with Gasteiger partial charge < -0.3 is 19.5 Å². The van der Waals surface area contributed by atoms with Gasteiger partial charge in [-0.25, -0.2) is 0 Å². The van der Waals surface area contributed by atoms with Gasteiger partial charge in [0, 0.05) is 23.2 Å². The SMILES string of the molecule is COc1cc2c(cc1OC)-c1[nH]nc(Nc3ccc(OC(F)(F)F)cc3)c1C2. The monoisotopic (exact) mass is 391 g/mol. The second kappa shape index (κ2) is 6.66. The Kier molecular flexibility index (Phi) is 4.29. The fourth-order valence-corrected chi connectivity index (χ4v) is 3.23. The fraction of sp³-hybridized carbons (Fsp3) is 0.211. The molecule has 4 rings (SSSR count). The number of methoxy groups -OCH3 is 2. The highest BCUT2D eigenvalue weighted by atomic mass is 19.4. The number of aromatic nitrogens is 2. The van der Waals surface area contributed by atoms with Crippen LogP contribution in [0.2, 0.25) is 0 Å². The molecule has 28 heavy (non-hydrogen) atoms. The zero-order valence-electron chi connectivity index (χ0n) is 15.0. The van der Waals surface area contributed by atoms with Crippen molar-refractivity contribution in [3.63, 3.8) is 0 Å². The highest BCUT2D eigenvalue weighted by Crippen LogP contribution is 2.44. The van der Waals surface area contributed by atoms with Crippen molar-refractivity contribution in [2.75, 3.05) is 19.5 Å². The van der Waals surface area contributed by atoms with Gasteiger partial charge in [-0.15, -0.1) is 13.2 Å². The zero-order valence-corrected chi connectivity index (χ0v) is 15.0. The van der Waals surface area contributed by atoms with E-state index in [0.717, 1.165) is 22.4 Å². The average Bonchev–Trinajstić information content (AvgIpc) is 3.20. The maximum atomic E-state index is 12.3. The number of nitrogens with one attached hydrogen (secondary N) is 2. The molecule has 6 nitrogen and oxygen atoms in total. The lowest BCUT2D eigenvalue weighted by Crippen LogP contribution is -2.16. The van der Waals surface area contributed by atoms with E-state index in [9.17, 15) is 13.2 Å². The Balaban J connectivity index is 1.57. The van der Waals surface area contributed by atoms with E-state index < -0.39 is 6.36 Å². The van der Waals surface area contributed by atoms with Crippen LogP contribution in [-0.2, 0) is 6.42 Å². The van der Waals surface area contributed by atoms with Gasteiger partial charge in [0.15, 0.2) is 17.3 Å². The Morgan fingerprint density at radius 3 is 2.36 bits per heavy atom. The molecule has 0 unspecified atom stereocenters. The van der Waals surface area contributed by atoms with Crippen LogP contribution < -0.4 is 19.5 Å². The first-order valence-electron chi connectivity index (χ1n) is 8.33. The Hall–Kier alpha value is -3.36. The van der Waals surface area contributed by atoms with E-state index in [4.69, 9.17) is 9.47 Å². The van der Waals surface area contributed by atoms with Gasteiger partial charge in [-0.3, -0.25) is 5.10 Å². The molecular formula is C19H16F3N3O3. The number of halogens is 3. The lowest BCUT2D eigenvalue weighted by Gasteiger charge is -2.10. The summed E-state index contributed by atoms with van der Waals surface area (Å²) in [6.07, 6.45) is -4.08. The van der Waals surface area contributed by atoms with Crippen molar-refractivity contribution in [1.82, 2.24) is 10.2 Å². The average molecular weight is 391 g/mol. The van der Waals surface area contributed by atoms with Crippen molar-refractivity contribution in [2.45, 2.75) is 12.8 Å². The Morgan fingerprint density at radius 1 is 1.04 bits per heavy atom. The molecule has 0 amide bonds. The van der Waals surface area contributed by atoms with Crippen LogP contribution in [-0.4, -0.2) is 30.8 Å². The highest BCUT2D eigenvalue weighted by Gasteiger charge is 2.31. The summed E-state index contributed by atoms with van der Waals surface area (Å²) in [6.45, 7) is 0. The molecule has 0 spiro atoms. The molecule has 0 atom stereocenters. The predicted molar refractivity (Wildman–Crippen MR) is 96.3 cm³/mol. The molecule has 3 aromatic rings. The maximum Gasteiger partial charge on any atom is 0.573 e. The molecule has 146 valence electrons. The molecule has 0 saturated carbocycles. The molecule has 0 bridgehead atoms. The number of nitrogens with zero attached hydrogens (tertiary/aromatic N) is 1. The number of benzene rings is 2. The molecule has 1 heterocycles. The number of ether oxygens (including phenoxy) is 3. The number of anilines is 2. The van der Waals surface area contributed by atoms with E-state index in [1.165, 1.54) is 24.3 Å². The molecule has 0 radical (unpaired) electrons. The number of H-pyrrole nitrogens is 1. The summed E-state index contributed by atoms with van der Waals surface area (Å²) in [5.74, 6) is 1.60. The number of rotatable bonds is 5. The smallest absolute Gasteiger partial charge is 0.493 e. The summed E-state index contributed by atoms with van der Waals surface area (Å²) in [5, 5.41) is 10.4. The molecular weight excluding hydrogens is 375 g/mol. The Bertz CT molecular complexity index is 1010. The topological polar surface area (TPSA) is 68.4 Å². The minimum absolute atomic E-state index is 0.281. The Labute approximate surface area is 158 Å². The van der Waals surface area contributed by atoms with Gasteiger partial charge in [0.1, 0.15) is 5.75 Å². The van der Waals surface area contributed by atoms with E-state index >= 15 is 0 Å². The molecule has 0 saturated heterocycles. The van der Waals surface area contributed by atoms with Crippen molar-refractivity contribution in [3.8, 4) is 28.5 Å². The Morgan fingerprint density at radius 2 is 1.71 bits per heavy atom. The van der Waals surface area contributed by atoms with Crippen molar-refractivity contribution in [3.05, 3.63) is 47.5 Å². The molecule has 1 aromatic heterocycles. The minimum Gasteiger partial charge on any atom is -0.493 e. The number of hydrogen-bond acceptors (Lipinski definition) is 5. The fourth-order valence-electron chi connectivity index (χ4n) is 3.23. The van der Waals surface area contributed by atoms with Crippen molar-refractivity contribution >= 4 is 11.5 Å². The van der Waals surface area contributed by atoms with Gasteiger partial charge in [-0.2, -0.15) is 5.10 Å². The van der Waals surface area contributed by atoms with Gasteiger partial charge in [0.2, 0.25) is 0 Å². The first-order valence-corrected chi connectivity index (χ1v) is 8.33. The summed E-state index contributed by atoms with van der Waals surface area (Å²) >= 11 is 0. The lowest BCUT2D eigenvalue weighted by atomic mass is 10.1. The second-order valence-corrected chi connectivity index (χ2v) is 6.16. The van der Waals surface area contributed by atoms with Crippen LogP contribution in [0.3, 0.4) is 0 Å². The summed E-state index contributed by atoms with van der Waals surface area (Å²) in [7, 11) is 3.16. The van der Waals surface area contributed by atoms with Gasteiger partial charge in [-0.05, 0) is 42.0 Å². The number of fused-ring (bicyclic) bond motifs is 3. The standard InChI is InChI=1S/C19H16F3N3O3/c1-26-15-8-10-7-14-17(13(10)9-16(15)27-2)24-25-18(14)23-11-3-5-12(6-4-11)28-19(20,21)22/h3-6,8-9H,7H2,1-2H3,(H2,23,24,25). The molecule has 9 heteroatoms. The third-order valence-corrected chi connectivity index (χ3v) is 4.46. The summed E-state index contributed by atoms with van der Waals surface area (Å²) in [5.41, 5.74) is 4.46. The van der Waals surface area contributed by atoms with Crippen molar-refractivity contribution in [1.29, 1.82) is 0 Å². The van der Waals surface area contributed by atoms with Crippen LogP contribution in [0.25, 0.3) is 11.3 Å². The van der Waals surface area contributed by atoms with Gasteiger partial charge >= 0.3 is 6.36 Å². The molecule has 1 aliphatic rings. The van der Waals surface area contributed by atoms with Crippen molar-refractivity contribution in [2.24, 2.45) is 0 Å². The first-order chi connectivity index (χ1) is 13.4. The van der Waals surface area contributed by atoms with Crippen LogP contribution in [0, 0.1) is 0 Å². The molecule has 2 aromatic carbocycles. The summed E-state index contributed by atoms with van der Waals surface area (Å²) in [4.78, 5) is 0. The molecule has 0 fully saturated rings. The van der Waals surface area contributed by atoms with Crippen LogP contribution in [0.1, 0.15) is 11.1 Å². The van der Waals surface area contributed by atoms with Gasteiger partial charge in [0.05, 0.1) is 19.9 Å². The lowest BCUT2D eigenvalue weighted by molar-refractivity contribution is -0.274. The van der Waals surface area contributed by atoms with Crippen LogP contribution in [0.15, 0.2) is 36.4 Å². The summed E-state index contributed by atoms with van der Waals surface area (Å²) in [6, 6.07) is 9.30. The molecule has 1 aliphatic carbocycles. The largest absolute Gasteiger partial charge is 0.573 e. The summed E-state index contributed by atoms with van der Waals surface area (Å²) < 4.78 is 51.4. The maximum absolute atomic E-state index is 12.3. The number of aromatic amines is 1. The van der Waals surface area contributed by atoms with Crippen molar-refractivity contribution < 1.29 is 27.4 Å². The normalized spacial score (nSPS) is 12.3. The third-order valence-electron chi connectivity index (χ3n) is 4.46. The molecule has 0 aliphatic heterocycles. The van der Waals surface area contributed by atoms with Gasteiger partial charge in [0.25, 0.3) is 0 Å².